The van der Waals surface area contributed by atoms with Gasteiger partial charge >= 0.3 is 5.97 Å². The summed E-state index contributed by atoms with van der Waals surface area (Å²) in [4.78, 5) is 12.5. The number of anilines is 1. The van der Waals surface area contributed by atoms with Crippen LogP contribution >= 0.6 is 11.3 Å². The number of carbonyl (C=O) groups excluding carboxylic acids is 1. The smallest absolute Gasteiger partial charge is 0.348 e. The minimum absolute atomic E-state index is 0.232. The molecule has 2 N–H and O–H groups in total. The SMILES string of the molecule is CCOC(=O)c1sc2cc(N)ccc2c1CC. The van der Waals surface area contributed by atoms with Crippen LogP contribution in [0.4, 0.5) is 5.69 Å². The lowest BCUT2D eigenvalue weighted by atomic mass is 10.1. The molecular weight excluding hydrogens is 234 g/mol. The number of ether oxygens (including phenoxy) is 1. The Morgan fingerprint density at radius 3 is 2.82 bits per heavy atom. The van der Waals surface area contributed by atoms with E-state index in [1.54, 1.807) is 0 Å². The van der Waals surface area contributed by atoms with Crippen LogP contribution in [0.15, 0.2) is 18.2 Å². The molecule has 0 amide bonds. The second kappa shape index (κ2) is 4.75. The molecule has 1 aromatic heterocycles. The summed E-state index contributed by atoms with van der Waals surface area (Å²) in [6.07, 6.45) is 0.818. The highest BCUT2D eigenvalue weighted by Gasteiger charge is 2.17. The van der Waals surface area contributed by atoms with E-state index in [4.69, 9.17) is 10.5 Å². The average molecular weight is 249 g/mol. The van der Waals surface area contributed by atoms with Gasteiger partial charge in [0.15, 0.2) is 0 Å². The van der Waals surface area contributed by atoms with Crippen molar-refractivity contribution in [3.63, 3.8) is 0 Å². The van der Waals surface area contributed by atoms with Crippen LogP contribution in [0.1, 0.15) is 29.1 Å². The molecular formula is C13H15NO2S. The highest BCUT2D eigenvalue weighted by atomic mass is 32.1. The van der Waals surface area contributed by atoms with E-state index >= 15 is 0 Å². The van der Waals surface area contributed by atoms with Crippen molar-refractivity contribution in [2.24, 2.45) is 0 Å². The maximum atomic E-state index is 11.8. The Kier molecular flexibility index (Phi) is 3.33. The third-order valence-electron chi connectivity index (χ3n) is 2.63. The van der Waals surface area contributed by atoms with Gasteiger partial charge in [0.2, 0.25) is 0 Å². The van der Waals surface area contributed by atoms with E-state index in [-0.39, 0.29) is 5.97 Å². The van der Waals surface area contributed by atoms with Gasteiger partial charge in [0.1, 0.15) is 4.88 Å². The van der Waals surface area contributed by atoms with Crippen molar-refractivity contribution < 1.29 is 9.53 Å². The summed E-state index contributed by atoms with van der Waals surface area (Å²) in [7, 11) is 0. The van der Waals surface area contributed by atoms with Crippen LogP contribution in [0.5, 0.6) is 0 Å². The van der Waals surface area contributed by atoms with Gasteiger partial charge in [0.25, 0.3) is 0 Å². The predicted molar refractivity (Wildman–Crippen MR) is 71.6 cm³/mol. The quantitative estimate of drug-likeness (QED) is 0.671. The summed E-state index contributed by atoms with van der Waals surface area (Å²) in [5, 5.41) is 1.11. The molecule has 0 aliphatic carbocycles. The predicted octanol–water partition coefficient (Wildman–Crippen LogP) is 3.22. The zero-order valence-electron chi connectivity index (χ0n) is 9.95. The second-order valence-corrected chi connectivity index (χ2v) is 4.79. The van der Waals surface area contributed by atoms with E-state index in [9.17, 15) is 4.79 Å². The summed E-state index contributed by atoms with van der Waals surface area (Å²) in [5.74, 6) is -0.232. The van der Waals surface area contributed by atoms with Gasteiger partial charge in [-0.05, 0) is 36.4 Å². The standard InChI is InChI=1S/C13H15NO2S/c1-3-9-10-6-5-8(14)7-11(10)17-12(9)13(15)16-4-2/h5-7H,3-4,14H2,1-2H3. The molecule has 1 heterocycles. The van der Waals surface area contributed by atoms with Gasteiger partial charge in [-0.15, -0.1) is 11.3 Å². The van der Waals surface area contributed by atoms with E-state index in [0.717, 1.165) is 27.8 Å². The fourth-order valence-electron chi connectivity index (χ4n) is 1.88. The van der Waals surface area contributed by atoms with E-state index in [1.165, 1.54) is 11.3 Å². The molecule has 2 rings (SSSR count). The Morgan fingerprint density at radius 1 is 1.41 bits per heavy atom. The summed E-state index contributed by atoms with van der Waals surface area (Å²) in [6, 6.07) is 5.74. The number of nitrogen functional groups attached to an aromatic ring is 1. The summed E-state index contributed by atoms with van der Waals surface area (Å²) >= 11 is 1.46. The van der Waals surface area contributed by atoms with Crippen LogP contribution in [-0.4, -0.2) is 12.6 Å². The number of thiophene rings is 1. The normalized spacial score (nSPS) is 10.7. The topological polar surface area (TPSA) is 52.3 Å². The molecule has 0 atom stereocenters. The first kappa shape index (κ1) is 11.9. The summed E-state index contributed by atoms with van der Waals surface area (Å²) in [5.41, 5.74) is 7.53. The second-order valence-electron chi connectivity index (χ2n) is 3.74. The van der Waals surface area contributed by atoms with Crippen LogP contribution in [0.2, 0.25) is 0 Å². The number of benzene rings is 1. The largest absolute Gasteiger partial charge is 0.462 e. The number of hydrogen-bond donors (Lipinski definition) is 1. The summed E-state index contributed by atoms with van der Waals surface area (Å²) in [6.45, 7) is 4.26. The molecule has 0 saturated heterocycles. The van der Waals surface area contributed by atoms with Gasteiger partial charge in [-0.2, -0.15) is 0 Å². The van der Waals surface area contributed by atoms with Crippen molar-refractivity contribution in [2.75, 3.05) is 12.3 Å². The highest BCUT2D eigenvalue weighted by Crippen LogP contribution is 2.33. The molecule has 0 spiro atoms. The van der Waals surface area contributed by atoms with Crippen LogP contribution in [0.25, 0.3) is 10.1 Å². The molecule has 90 valence electrons. The van der Waals surface area contributed by atoms with Crippen molar-refractivity contribution in [1.29, 1.82) is 0 Å². The molecule has 0 fully saturated rings. The van der Waals surface area contributed by atoms with Crippen LogP contribution in [0.3, 0.4) is 0 Å². The molecule has 0 unspecified atom stereocenters. The van der Waals surface area contributed by atoms with Crippen molar-refractivity contribution in [1.82, 2.24) is 0 Å². The molecule has 0 aliphatic rings. The summed E-state index contributed by atoms with van der Waals surface area (Å²) < 4.78 is 6.12. The number of rotatable bonds is 3. The van der Waals surface area contributed by atoms with Gasteiger partial charge in [-0.1, -0.05) is 13.0 Å². The third kappa shape index (κ3) is 2.13. The number of carbonyl (C=O) groups is 1. The Bertz CT molecular complexity index is 560. The molecule has 0 bridgehead atoms. The lowest BCUT2D eigenvalue weighted by Crippen LogP contribution is -2.04. The fourth-order valence-corrected chi connectivity index (χ4v) is 3.11. The third-order valence-corrected chi connectivity index (χ3v) is 3.81. The Morgan fingerprint density at radius 2 is 2.18 bits per heavy atom. The molecule has 17 heavy (non-hydrogen) atoms. The highest BCUT2D eigenvalue weighted by molar-refractivity contribution is 7.21. The Labute approximate surface area is 104 Å². The monoisotopic (exact) mass is 249 g/mol. The minimum Gasteiger partial charge on any atom is -0.462 e. The Balaban J connectivity index is 2.59. The van der Waals surface area contributed by atoms with Crippen LogP contribution in [0, 0.1) is 0 Å². The van der Waals surface area contributed by atoms with Gasteiger partial charge in [-0.25, -0.2) is 4.79 Å². The number of hydrogen-bond acceptors (Lipinski definition) is 4. The maximum absolute atomic E-state index is 11.8. The Hall–Kier alpha value is -1.55. The zero-order chi connectivity index (χ0) is 12.4. The van der Waals surface area contributed by atoms with Crippen LogP contribution < -0.4 is 5.73 Å². The number of fused-ring (bicyclic) bond motifs is 1. The number of esters is 1. The molecule has 0 radical (unpaired) electrons. The van der Waals surface area contributed by atoms with Crippen molar-refractivity contribution in [3.05, 3.63) is 28.6 Å². The van der Waals surface area contributed by atoms with Gasteiger partial charge in [0.05, 0.1) is 6.61 Å². The van der Waals surface area contributed by atoms with Crippen molar-refractivity contribution in [2.45, 2.75) is 20.3 Å². The molecule has 0 saturated carbocycles. The van der Waals surface area contributed by atoms with Gasteiger partial charge in [-0.3, -0.25) is 0 Å². The molecule has 2 aromatic rings. The molecule has 3 nitrogen and oxygen atoms in total. The number of nitrogens with two attached hydrogens (primary N) is 1. The van der Waals surface area contributed by atoms with E-state index in [0.29, 0.717) is 11.5 Å². The van der Waals surface area contributed by atoms with Gasteiger partial charge < -0.3 is 10.5 Å². The zero-order valence-corrected chi connectivity index (χ0v) is 10.8. The van der Waals surface area contributed by atoms with Crippen molar-refractivity contribution in [3.8, 4) is 0 Å². The molecule has 4 heteroatoms. The van der Waals surface area contributed by atoms with Crippen LogP contribution in [-0.2, 0) is 11.2 Å². The lowest BCUT2D eigenvalue weighted by Gasteiger charge is -2.01. The lowest BCUT2D eigenvalue weighted by molar-refractivity contribution is 0.0531. The fraction of sp³-hybridized carbons (Fsp3) is 0.308. The average Bonchev–Trinajstić information content (AvgIpc) is 2.66. The first-order chi connectivity index (χ1) is 8.17. The van der Waals surface area contributed by atoms with E-state index in [1.807, 2.05) is 32.0 Å². The molecule has 1 aromatic carbocycles. The first-order valence-electron chi connectivity index (χ1n) is 5.65. The minimum atomic E-state index is -0.232. The maximum Gasteiger partial charge on any atom is 0.348 e. The molecule has 0 aliphatic heterocycles. The first-order valence-corrected chi connectivity index (χ1v) is 6.47. The van der Waals surface area contributed by atoms with E-state index < -0.39 is 0 Å². The number of aryl methyl sites for hydroxylation is 1. The van der Waals surface area contributed by atoms with Gasteiger partial charge in [0, 0.05) is 10.4 Å². The van der Waals surface area contributed by atoms with E-state index in [2.05, 4.69) is 0 Å². The van der Waals surface area contributed by atoms with Crippen molar-refractivity contribution >= 4 is 33.1 Å².